The van der Waals surface area contributed by atoms with Gasteiger partial charge in [-0.25, -0.2) is 0 Å². The van der Waals surface area contributed by atoms with Crippen molar-refractivity contribution in [2.75, 3.05) is 0 Å². The quantitative estimate of drug-likeness (QED) is 0.107. The monoisotopic (exact) mass is 755 g/mol. The van der Waals surface area contributed by atoms with Gasteiger partial charge in [0.15, 0.2) is 5.41 Å². The van der Waals surface area contributed by atoms with E-state index in [0.29, 0.717) is 17.9 Å². The average molecular weight is 755 g/mol. The molecule has 0 aliphatic carbocycles. The SMILES string of the molecule is CCCCC(Cc1cc(C(C)(C)C)c(O)c(C(C)(C)C)c1)(C(=O)Oc1ccc(C(C)(C)CC(C)(C)C)cc1)C(=O)Oc1ccc(C(C)(C)CC(C)(C)C)cc1. The van der Waals surface area contributed by atoms with Crippen LogP contribution < -0.4 is 9.47 Å². The van der Waals surface area contributed by atoms with Gasteiger partial charge in [0.2, 0.25) is 0 Å². The highest BCUT2D eigenvalue weighted by Gasteiger charge is 2.49. The Kier molecular flexibility index (Phi) is 13.7. The van der Waals surface area contributed by atoms with Gasteiger partial charge in [-0.15, -0.1) is 0 Å². The van der Waals surface area contributed by atoms with Crippen LogP contribution in [0.4, 0.5) is 0 Å². The van der Waals surface area contributed by atoms with Gasteiger partial charge in [-0.3, -0.25) is 9.59 Å². The molecule has 0 bridgehead atoms. The highest BCUT2D eigenvalue weighted by atomic mass is 16.6. The molecule has 1 N–H and O–H groups in total. The molecule has 5 heteroatoms. The second kappa shape index (κ2) is 16.5. The van der Waals surface area contributed by atoms with E-state index >= 15 is 0 Å². The summed E-state index contributed by atoms with van der Waals surface area (Å²) in [6.07, 6.45) is 3.66. The van der Waals surface area contributed by atoms with E-state index in [2.05, 4.69) is 111 Å². The first-order valence-corrected chi connectivity index (χ1v) is 20.4. The standard InChI is InChI=1S/C50H74O5/c1-18-19-28-50(31-34-29-39(46(8,9)10)41(51)40(30-34)47(11,12)13,42(52)54-37-24-20-35(21-25-37)48(14,15)32-44(2,3)4)43(53)55-38-26-22-36(23-27-38)49(16,17)33-45(5,6)7/h20-27,29-30,51H,18-19,28,31-33H2,1-17H3. The molecular formula is C50H74O5. The van der Waals surface area contributed by atoms with Crippen molar-refractivity contribution in [3.05, 3.63) is 88.5 Å². The third kappa shape index (κ3) is 12.2. The zero-order valence-electron chi connectivity index (χ0n) is 37.6. The number of hydrogen-bond acceptors (Lipinski definition) is 5. The largest absolute Gasteiger partial charge is 0.507 e. The Labute approximate surface area is 335 Å². The van der Waals surface area contributed by atoms with Gasteiger partial charge in [-0.2, -0.15) is 0 Å². The first-order chi connectivity index (χ1) is 24.9. The highest BCUT2D eigenvalue weighted by molar-refractivity contribution is 6.02. The molecule has 0 unspecified atom stereocenters. The van der Waals surface area contributed by atoms with Gasteiger partial charge >= 0.3 is 11.9 Å². The number of hydrogen-bond donors (Lipinski definition) is 1. The topological polar surface area (TPSA) is 72.8 Å². The molecule has 3 aromatic rings. The normalized spacial score (nSPS) is 13.5. The molecule has 0 atom stereocenters. The van der Waals surface area contributed by atoms with Crippen LogP contribution in [0, 0.1) is 16.2 Å². The minimum Gasteiger partial charge on any atom is -0.507 e. The van der Waals surface area contributed by atoms with Crippen LogP contribution in [0.1, 0.15) is 178 Å². The number of phenolic OH excluding ortho intramolecular Hbond substituents is 1. The second-order valence-corrected chi connectivity index (χ2v) is 22.0. The lowest BCUT2D eigenvalue weighted by atomic mass is 9.72. The molecule has 0 aliphatic rings. The lowest BCUT2D eigenvalue weighted by Gasteiger charge is -2.33. The van der Waals surface area contributed by atoms with Crippen molar-refractivity contribution in [2.24, 2.45) is 16.2 Å². The van der Waals surface area contributed by atoms with Crippen LogP contribution in [0.15, 0.2) is 60.7 Å². The van der Waals surface area contributed by atoms with Crippen molar-refractivity contribution in [1.82, 2.24) is 0 Å². The van der Waals surface area contributed by atoms with Crippen LogP contribution in [0.3, 0.4) is 0 Å². The van der Waals surface area contributed by atoms with Gasteiger partial charge in [0.05, 0.1) is 0 Å². The fraction of sp³-hybridized carbons (Fsp3) is 0.600. The number of ether oxygens (including phenoxy) is 2. The van der Waals surface area contributed by atoms with Crippen molar-refractivity contribution < 1.29 is 24.2 Å². The van der Waals surface area contributed by atoms with Crippen molar-refractivity contribution in [3.63, 3.8) is 0 Å². The van der Waals surface area contributed by atoms with E-state index in [4.69, 9.17) is 9.47 Å². The lowest BCUT2D eigenvalue weighted by molar-refractivity contribution is -0.162. The van der Waals surface area contributed by atoms with Crippen LogP contribution in [0.5, 0.6) is 17.2 Å². The van der Waals surface area contributed by atoms with E-state index in [9.17, 15) is 14.7 Å². The first kappa shape index (κ1) is 45.8. The number of esters is 2. The molecule has 0 saturated carbocycles. The van der Waals surface area contributed by atoms with E-state index in [1.165, 1.54) is 0 Å². The molecule has 0 aliphatic heterocycles. The summed E-state index contributed by atoms with van der Waals surface area (Å²) < 4.78 is 12.4. The van der Waals surface area contributed by atoms with Crippen molar-refractivity contribution in [1.29, 1.82) is 0 Å². The Morgan fingerprint density at radius 2 is 0.909 bits per heavy atom. The molecule has 3 aromatic carbocycles. The summed E-state index contributed by atoms with van der Waals surface area (Å²) in [7, 11) is 0. The number of unbranched alkanes of at least 4 members (excludes halogenated alkanes) is 1. The van der Waals surface area contributed by atoms with Crippen molar-refractivity contribution in [2.45, 2.75) is 178 Å². The summed E-state index contributed by atoms with van der Waals surface area (Å²) in [5.41, 5.74) is 2.30. The molecule has 0 amide bonds. The number of rotatable bonds is 13. The summed E-state index contributed by atoms with van der Waals surface area (Å²) in [4.78, 5) is 29.6. The van der Waals surface area contributed by atoms with E-state index < -0.39 is 28.2 Å². The van der Waals surface area contributed by atoms with Gasteiger partial charge in [-0.1, -0.05) is 167 Å². The predicted octanol–water partition coefficient (Wildman–Crippen LogP) is 13.3. The van der Waals surface area contributed by atoms with Gasteiger partial charge in [0, 0.05) is 0 Å². The van der Waals surface area contributed by atoms with Gasteiger partial charge in [0.1, 0.15) is 17.2 Å². The maximum Gasteiger partial charge on any atom is 0.329 e. The Hall–Kier alpha value is -3.60. The molecular weight excluding hydrogens is 681 g/mol. The highest BCUT2D eigenvalue weighted by Crippen LogP contribution is 2.43. The van der Waals surface area contributed by atoms with E-state index in [1.807, 2.05) is 67.6 Å². The van der Waals surface area contributed by atoms with Gasteiger partial charge in [-0.05, 0) is 110 Å². The van der Waals surface area contributed by atoms with Gasteiger partial charge in [0.25, 0.3) is 0 Å². The zero-order valence-corrected chi connectivity index (χ0v) is 37.6. The maximum absolute atomic E-state index is 14.8. The minimum absolute atomic E-state index is 0.0600. The first-order valence-electron chi connectivity index (χ1n) is 20.4. The predicted molar refractivity (Wildman–Crippen MR) is 230 cm³/mol. The van der Waals surface area contributed by atoms with Gasteiger partial charge < -0.3 is 14.6 Å². The third-order valence-corrected chi connectivity index (χ3v) is 10.7. The minimum atomic E-state index is -1.66. The Morgan fingerprint density at radius 3 is 1.20 bits per heavy atom. The molecule has 0 radical (unpaired) electrons. The summed E-state index contributed by atoms with van der Waals surface area (Å²) in [5.74, 6) is -0.264. The van der Waals surface area contributed by atoms with Crippen molar-refractivity contribution in [3.8, 4) is 17.2 Å². The fourth-order valence-electron chi connectivity index (χ4n) is 8.50. The Bertz CT molecular complexity index is 1640. The van der Waals surface area contributed by atoms with Crippen LogP contribution >= 0.6 is 0 Å². The molecule has 55 heavy (non-hydrogen) atoms. The molecule has 304 valence electrons. The maximum atomic E-state index is 14.8. The number of phenols is 1. The summed E-state index contributed by atoms with van der Waals surface area (Å²) >= 11 is 0. The molecule has 0 spiro atoms. The van der Waals surface area contributed by atoms with Crippen molar-refractivity contribution >= 4 is 11.9 Å². The number of benzene rings is 3. The summed E-state index contributed by atoms with van der Waals surface area (Å²) in [6.45, 7) is 36.8. The Balaban J connectivity index is 2.17. The molecule has 0 fully saturated rings. The van der Waals surface area contributed by atoms with E-state index in [1.54, 1.807) is 0 Å². The Morgan fingerprint density at radius 1 is 0.564 bits per heavy atom. The van der Waals surface area contributed by atoms with Crippen LogP contribution in [0.2, 0.25) is 0 Å². The molecule has 0 heterocycles. The average Bonchev–Trinajstić information content (AvgIpc) is 3.00. The number of carbonyl (C=O) groups excluding carboxylic acids is 2. The smallest absolute Gasteiger partial charge is 0.329 e. The molecule has 3 rings (SSSR count). The van der Waals surface area contributed by atoms with E-state index in [0.717, 1.165) is 47.1 Å². The molecule has 0 saturated heterocycles. The van der Waals surface area contributed by atoms with Crippen LogP contribution in [-0.4, -0.2) is 17.0 Å². The van der Waals surface area contributed by atoms with Crippen LogP contribution in [-0.2, 0) is 37.7 Å². The third-order valence-electron chi connectivity index (χ3n) is 10.7. The second-order valence-electron chi connectivity index (χ2n) is 22.0. The fourth-order valence-corrected chi connectivity index (χ4v) is 8.50. The zero-order chi connectivity index (χ0) is 42.0. The lowest BCUT2D eigenvalue weighted by Crippen LogP contribution is -2.46. The summed E-state index contributed by atoms with van der Waals surface area (Å²) in [6, 6.07) is 19.3. The van der Waals surface area contributed by atoms with E-state index in [-0.39, 0.29) is 40.3 Å². The summed E-state index contributed by atoms with van der Waals surface area (Å²) in [5, 5.41) is 11.5. The number of carbonyl (C=O) groups is 2. The molecule has 0 aromatic heterocycles. The molecule has 5 nitrogen and oxygen atoms in total. The number of aromatic hydroxyl groups is 1. The van der Waals surface area contributed by atoms with Crippen LogP contribution in [0.25, 0.3) is 0 Å².